The molecule has 0 aliphatic carbocycles. The quantitative estimate of drug-likeness (QED) is 0.802. The van der Waals surface area contributed by atoms with Gasteiger partial charge >= 0.3 is 5.97 Å². The van der Waals surface area contributed by atoms with Crippen LogP contribution in [0.5, 0.6) is 0 Å². The Hall–Kier alpha value is -1.88. The van der Waals surface area contributed by atoms with E-state index in [1.165, 1.54) is 16.9 Å². The maximum absolute atomic E-state index is 12.0. The Kier molecular flexibility index (Phi) is 4.39. The predicted octanol–water partition coefficient (Wildman–Crippen LogP) is 4.77. The second kappa shape index (κ2) is 6.32. The van der Waals surface area contributed by atoms with Crippen molar-refractivity contribution >= 4 is 28.1 Å². The van der Waals surface area contributed by atoms with Crippen molar-refractivity contribution in [2.45, 2.75) is 45.6 Å². The summed E-state index contributed by atoms with van der Waals surface area (Å²) in [5.74, 6) is -0.0876. The van der Waals surface area contributed by atoms with Crippen LogP contribution in [0, 0.1) is 12.8 Å². The van der Waals surface area contributed by atoms with Crippen molar-refractivity contribution in [3.05, 3.63) is 40.9 Å². The Morgan fingerprint density at radius 1 is 1.48 bits per heavy atom. The molecule has 1 fully saturated rings. The molecule has 1 aliphatic heterocycles. The molecule has 0 amide bonds. The summed E-state index contributed by atoms with van der Waals surface area (Å²) < 4.78 is 5.66. The van der Waals surface area contributed by atoms with Crippen LogP contribution < -0.4 is 5.32 Å². The van der Waals surface area contributed by atoms with Gasteiger partial charge in [0.1, 0.15) is 0 Å². The first kappa shape index (κ1) is 16.0. The summed E-state index contributed by atoms with van der Waals surface area (Å²) >= 11 is 1.54. The number of rotatable bonds is 5. The van der Waals surface area contributed by atoms with Gasteiger partial charge < -0.3 is 10.1 Å². The van der Waals surface area contributed by atoms with Crippen molar-refractivity contribution in [2.75, 3.05) is 5.32 Å². The zero-order valence-electron chi connectivity index (χ0n) is 13.8. The lowest BCUT2D eigenvalue weighted by molar-refractivity contribution is -0.150. The molecule has 2 heterocycles. The number of benzene rings is 1. The molecule has 5 heteroatoms. The Balaban J connectivity index is 1.75. The highest BCUT2D eigenvalue weighted by atomic mass is 32.1. The molecule has 4 nitrogen and oxygen atoms in total. The van der Waals surface area contributed by atoms with Crippen molar-refractivity contribution < 1.29 is 9.53 Å². The van der Waals surface area contributed by atoms with Crippen molar-refractivity contribution in [3.8, 4) is 0 Å². The Labute approximate surface area is 140 Å². The number of cyclic esters (lactones) is 1. The van der Waals surface area contributed by atoms with Gasteiger partial charge in [0.05, 0.1) is 11.6 Å². The number of anilines is 2. The monoisotopic (exact) mass is 330 g/mol. The average Bonchev–Trinajstić information content (AvgIpc) is 3.06. The molecular formula is C18H22N2O2S. The Bertz CT molecular complexity index is 713. The van der Waals surface area contributed by atoms with Gasteiger partial charge in [-0.05, 0) is 38.0 Å². The molecule has 2 unspecified atom stereocenters. The summed E-state index contributed by atoms with van der Waals surface area (Å²) in [5.41, 5.74) is 2.46. The molecule has 2 atom stereocenters. The van der Waals surface area contributed by atoms with E-state index >= 15 is 0 Å². The second-order valence-electron chi connectivity index (χ2n) is 6.37. The van der Waals surface area contributed by atoms with Crippen LogP contribution in [0.3, 0.4) is 0 Å². The van der Waals surface area contributed by atoms with Crippen molar-refractivity contribution in [3.63, 3.8) is 0 Å². The highest BCUT2D eigenvalue weighted by molar-refractivity contribution is 7.13. The molecule has 3 rings (SSSR count). The number of hydrogen-bond acceptors (Lipinski definition) is 5. The van der Waals surface area contributed by atoms with Gasteiger partial charge in [0, 0.05) is 17.5 Å². The third kappa shape index (κ3) is 3.39. The summed E-state index contributed by atoms with van der Waals surface area (Å²) in [4.78, 5) is 16.7. The SMILES string of the molecule is CCCC1CC(C)(c2csc(Nc3cccc(C)c3)n2)OC1=O. The lowest BCUT2D eigenvalue weighted by atomic mass is 9.91. The number of esters is 1. The maximum atomic E-state index is 12.0. The Morgan fingerprint density at radius 3 is 3.04 bits per heavy atom. The zero-order valence-corrected chi connectivity index (χ0v) is 14.6. The van der Waals surface area contributed by atoms with Crippen LogP contribution in [-0.4, -0.2) is 11.0 Å². The van der Waals surface area contributed by atoms with Gasteiger partial charge in [-0.1, -0.05) is 25.5 Å². The first-order chi connectivity index (χ1) is 11.0. The molecule has 1 N–H and O–H groups in total. The topological polar surface area (TPSA) is 51.2 Å². The van der Waals surface area contributed by atoms with Crippen molar-refractivity contribution in [1.82, 2.24) is 4.98 Å². The minimum Gasteiger partial charge on any atom is -0.453 e. The van der Waals surface area contributed by atoms with E-state index in [0.717, 1.165) is 29.4 Å². The van der Waals surface area contributed by atoms with Crippen LogP contribution in [0.2, 0.25) is 0 Å². The molecule has 1 aromatic carbocycles. The summed E-state index contributed by atoms with van der Waals surface area (Å²) in [6.45, 7) is 6.12. The van der Waals surface area contributed by atoms with E-state index in [1.54, 1.807) is 0 Å². The molecule has 1 saturated heterocycles. The highest BCUT2D eigenvalue weighted by Gasteiger charge is 2.45. The lowest BCUT2D eigenvalue weighted by Gasteiger charge is -2.19. The van der Waals surface area contributed by atoms with E-state index in [9.17, 15) is 4.79 Å². The van der Waals surface area contributed by atoms with Gasteiger partial charge in [0.15, 0.2) is 10.7 Å². The molecule has 0 radical (unpaired) electrons. The van der Waals surface area contributed by atoms with Gasteiger partial charge in [-0.2, -0.15) is 0 Å². The Morgan fingerprint density at radius 2 is 2.30 bits per heavy atom. The number of nitrogens with one attached hydrogen (secondary N) is 1. The molecule has 0 bridgehead atoms. The van der Waals surface area contributed by atoms with Crippen molar-refractivity contribution in [1.29, 1.82) is 0 Å². The number of nitrogens with zero attached hydrogens (tertiary/aromatic N) is 1. The van der Waals surface area contributed by atoms with Crippen LogP contribution in [0.1, 0.15) is 44.4 Å². The number of ether oxygens (including phenoxy) is 1. The zero-order chi connectivity index (χ0) is 16.4. The van der Waals surface area contributed by atoms with Gasteiger partial charge in [-0.15, -0.1) is 11.3 Å². The molecular weight excluding hydrogens is 308 g/mol. The number of thiazole rings is 1. The van der Waals surface area contributed by atoms with Gasteiger partial charge in [0.2, 0.25) is 0 Å². The number of aryl methyl sites for hydroxylation is 1. The summed E-state index contributed by atoms with van der Waals surface area (Å²) in [6.07, 6.45) is 2.59. The molecule has 122 valence electrons. The largest absolute Gasteiger partial charge is 0.453 e. The number of carbonyl (C=O) groups is 1. The fourth-order valence-electron chi connectivity index (χ4n) is 3.05. The van der Waals surface area contributed by atoms with Gasteiger partial charge in [0.25, 0.3) is 0 Å². The molecule has 1 aromatic heterocycles. The fraction of sp³-hybridized carbons (Fsp3) is 0.444. The van der Waals surface area contributed by atoms with Crippen LogP contribution in [0.15, 0.2) is 29.6 Å². The van der Waals surface area contributed by atoms with Crippen LogP contribution in [-0.2, 0) is 15.1 Å². The maximum Gasteiger partial charge on any atom is 0.310 e. The van der Waals surface area contributed by atoms with E-state index in [0.29, 0.717) is 6.42 Å². The fourth-order valence-corrected chi connectivity index (χ4v) is 3.90. The third-order valence-electron chi connectivity index (χ3n) is 4.25. The van der Waals surface area contributed by atoms with Crippen LogP contribution >= 0.6 is 11.3 Å². The lowest BCUT2D eigenvalue weighted by Crippen LogP contribution is -2.21. The number of carbonyl (C=O) groups excluding carboxylic acids is 1. The molecule has 0 saturated carbocycles. The second-order valence-corrected chi connectivity index (χ2v) is 7.23. The van der Waals surface area contributed by atoms with E-state index in [2.05, 4.69) is 36.3 Å². The summed E-state index contributed by atoms with van der Waals surface area (Å²) in [6, 6.07) is 8.17. The average molecular weight is 330 g/mol. The van der Waals surface area contributed by atoms with E-state index in [-0.39, 0.29) is 11.9 Å². The molecule has 23 heavy (non-hydrogen) atoms. The van der Waals surface area contributed by atoms with Crippen LogP contribution in [0.25, 0.3) is 0 Å². The minimum absolute atomic E-state index is 0.000109. The van der Waals surface area contributed by atoms with Gasteiger partial charge in [-0.3, -0.25) is 4.79 Å². The van der Waals surface area contributed by atoms with E-state index in [4.69, 9.17) is 4.74 Å². The van der Waals surface area contributed by atoms with E-state index in [1.807, 2.05) is 24.4 Å². The summed E-state index contributed by atoms with van der Waals surface area (Å²) in [5, 5.41) is 6.13. The first-order valence-electron chi connectivity index (χ1n) is 8.03. The minimum atomic E-state index is -0.597. The first-order valence-corrected chi connectivity index (χ1v) is 8.90. The molecule has 0 spiro atoms. The van der Waals surface area contributed by atoms with Gasteiger partial charge in [-0.25, -0.2) is 4.98 Å². The smallest absolute Gasteiger partial charge is 0.310 e. The normalized spacial score (nSPS) is 23.8. The predicted molar refractivity (Wildman–Crippen MR) is 93.0 cm³/mol. The highest BCUT2D eigenvalue weighted by Crippen LogP contribution is 2.42. The third-order valence-corrected chi connectivity index (χ3v) is 5.01. The molecule has 2 aromatic rings. The molecule has 1 aliphatic rings. The van der Waals surface area contributed by atoms with Crippen molar-refractivity contribution in [2.24, 2.45) is 5.92 Å². The van der Waals surface area contributed by atoms with E-state index < -0.39 is 5.60 Å². The number of aromatic nitrogens is 1. The standard InChI is InChI=1S/C18H22N2O2S/c1-4-6-13-10-18(3,22-16(13)21)15-11-23-17(20-15)19-14-8-5-7-12(2)9-14/h5,7-9,11,13H,4,6,10H2,1-3H3,(H,19,20). The number of hydrogen-bond donors (Lipinski definition) is 1. The van der Waals surface area contributed by atoms with Crippen LogP contribution in [0.4, 0.5) is 10.8 Å². The summed E-state index contributed by atoms with van der Waals surface area (Å²) in [7, 11) is 0.